The van der Waals surface area contributed by atoms with Gasteiger partial charge in [-0.15, -0.1) is 0 Å². The van der Waals surface area contributed by atoms with Crippen molar-refractivity contribution in [3.05, 3.63) is 75.8 Å². The van der Waals surface area contributed by atoms with Gasteiger partial charge in [-0.25, -0.2) is 4.39 Å². The maximum Gasteiger partial charge on any atom is 0.257 e. The molecule has 0 saturated carbocycles. The summed E-state index contributed by atoms with van der Waals surface area (Å²) >= 11 is 0. The number of carbonyl (C=O) groups is 1. The molecule has 0 spiro atoms. The quantitative estimate of drug-likeness (QED) is 0.567. The number of hydrogen-bond donors (Lipinski definition) is 1. The first-order chi connectivity index (χ1) is 16.0. The molecule has 0 radical (unpaired) electrons. The van der Waals surface area contributed by atoms with Gasteiger partial charge in [-0.1, -0.05) is 12.1 Å². The summed E-state index contributed by atoms with van der Waals surface area (Å²) in [5.41, 5.74) is 2.03. The highest BCUT2D eigenvalue weighted by Gasteiger charge is 2.12. The summed E-state index contributed by atoms with van der Waals surface area (Å²) in [5.74, 6) is -0.0609. The Kier molecular flexibility index (Phi) is 7.36. The zero-order valence-electron chi connectivity index (χ0n) is 18.7. The van der Waals surface area contributed by atoms with Crippen LogP contribution in [0.25, 0.3) is 10.9 Å². The van der Waals surface area contributed by atoms with Crippen LogP contribution in [-0.4, -0.2) is 61.4 Å². The predicted octanol–water partition coefficient (Wildman–Crippen LogP) is 2.32. The Morgan fingerprint density at radius 1 is 1.15 bits per heavy atom. The summed E-state index contributed by atoms with van der Waals surface area (Å²) in [6, 6.07) is 13.2. The average Bonchev–Trinajstić information content (AvgIpc) is 2.81. The van der Waals surface area contributed by atoms with Gasteiger partial charge in [-0.3, -0.25) is 14.5 Å². The molecule has 2 aromatic carbocycles. The number of pyridine rings is 1. The molecule has 1 saturated heterocycles. The number of rotatable bonds is 8. The Bertz CT molecular complexity index is 1190. The fourth-order valence-electron chi connectivity index (χ4n) is 3.98. The summed E-state index contributed by atoms with van der Waals surface area (Å²) in [6.45, 7) is 6.51. The Balaban J connectivity index is 1.44. The summed E-state index contributed by atoms with van der Waals surface area (Å²) in [7, 11) is 0. The first-order valence-electron chi connectivity index (χ1n) is 11.1. The van der Waals surface area contributed by atoms with E-state index in [9.17, 15) is 14.0 Å². The highest BCUT2D eigenvalue weighted by molar-refractivity contribution is 5.84. The fourth-order valence-corrected chi connectivity index (χ4v) is 3.98. The largest absolute Gasteiger partial charge is 0.484 e. The lowest BCUT2D eigenvalue weighted by atomic mass is 10.1. The Labute approximate surface area is 191 Å². The number of aryl methyl sites for hydroxylation is 1. The van der Waals surface area contributed by atoms with E-state index in [1.165, 1.54) is 12.1 Å². The maximum atomic E-state index is 13.6. The normalized spacial score (nSPS) is 14.4. The molecule has 1 aromatic heterocycles. The average molecular weight is 454 g/mol. The number of halogens is 1. The van der Waals surface area contributed by atoms with E-state index in [2.05, 4.69) is 10.2 Å². The van der Waals surface area contributed by atoms with Crippen molar-refractivity contribution in [2.75, 3.05) is 46.0 Å². The molecule has 4 rings (SSSR count). The summed E-state index contributed by atoms with van der Waals surface area (Å²) < 4.78 is 26.2. The minimum Gasteiger partial charge on any atom is -0.484 e. The molecule has 0 bridgehead atoms. The van der Waals surface area contributed by atoms with E-state index >= 15 is 0 Å². The van der Waals surface area contributed by atoms with Crippen molar-refractivity contribution in [2.24, 2.45) is 0 Å². The number of carbonyl (C=O) groups excluding carboxylic acids is 1. The third-order valence-corrected chi connectivity index (χ3v) is 5.74. The van der Waals surface area contributed by atoms with Crippen LogP contribution in [0.4, 0.5) is 4.39 Å². The second-order valence-corrected chi connectivity index (χ2v) is 8.15. The van der Waals surface area contributed by atoms with Gasteiger partial charge in [-0.05, 0) is 42.3 Å². The molecule has 1 fully saturated rings. The summed E-state index contributed by atoms with van der Waals surface area (Å²) in [6.07, 6.45) is 0. The second-order valence-electron chi connectivity index (χ2n) is 8.15. The van der Waals surface area contributed by atoms with Gasteiger partial charge in [0.25, 0.3) is 11.5 Å². The molecule has 1 amide bonds. The van der Waals surface area contributed by atoms with Crippen LogP contribution in [0.2, 0.25) is 0 Å². The second kappa shape index (κ2) is 10.6. The number of hydrogen-bond acceptors (Lipinski definition) is 5. The zero-order chi connectivity index (χ0) is 23.2. The summed E-state index contributed by atoms with van der Waals surface area (Å²) in [5, 5.41) is 3.76. The molecule has 0 aliphatic carbocycles. The molecule has 7 nitrogen and oxygen atoms in total. The number of nitrogens with one attached hydrogen (secondary N) is 1. The molecule has 1 aliphatic heterocycles. The molecule has 33 heavy (non-hydrogen) atoms. The number of nitrogens with zero attached hydrogens (tertiary/aromatic N) is 2. The van der Waals surface area contributed by atoms with Crippen LogP contribution < -0.4 is 15.6 Å². The monoisotopic (exact) mass is 453 g/mol. The van der Waals surface area contributed by atoms with E-state index in [1.807, 2.05) is 13.0 Å². The van der Waals surface area contributed by atoms with E-state index in [-0.39, 0.29) is 30.4 Å². The number of fused-ring (bicyclic) bond motifs is 1. The van der Waals surface area contributed by atoms with Crippen molar-refractivity contribution in [3.63, 3.8) is 0 Å². The minimum atomic E-state index is -0.347. The Morgan fingerprint density at radius 3 is 2.76 bits per heavy atom. The van der Waals surface area contributed by atoms with E-state index in [1.54, 1.807) is 34.9 Å². The van der Waals surface area contributed by atoms with Crippen LogP contribution in [0.15, 0.2) is 53.3 Å². The molecule has 3 aromatic rings. The maximum absolute atomic E-state index is 13.6. The third-order valence-electron chi connectivity index (χ3n) is 5.74. The van der Waals surface area contributed by atoms with Gasteiger partial charge >= 0.3 is 0 Å². The number of morpholine rings is 1. The van der Waals surface area contributed by atoms with Gasteiger partial charge in [0, 0.05) is 43.7 Å². The van der Waals surface area contributed by atoms with Crippen LogP contribution in [0.5, 0.6) is 5.75 Å². The van der Waals surface area contributed by atoms with Crippen molar-refractivity contribution >= 4 is 16.8 Å². The van der Waals surface area contributed by atoms with Crippen molar-refractivity contribution in [3.8, 4) is 5.75 Å². The first-order valence-corrected chi connectivity index (χ1v) is 11.1. The van der Waals surface area contributed by atoms with Gasteiger partial charge in [-0.2, -0.15) is 0 Å². The molecule has 8 heteroatoms. The molecule has 0 atom stereocenters. The lowest BCUT2D eigenvalue weighted by Crippen LogP contribution is -2.42. The van der Waals surface area contributed by atoms with Crippen LogP contribution in [0.3, 0.4) is 0 Å². The highest BCUT2D eigenvalue weighted by Crippen LogP contribution is 2.23. The molecular formula is C25H28FN3O4. The van der Waals surface area contributed by atoms with Crippen LogP contribution >= 0.6 is 0 Å². The smallest absolute Gasteiger partial charge is 0.257 e. The van der Waals surface area contributed by atoms with E-state index in [0.29, 0.717) is 23.4 Å². The van der Waals surface area contributed by atoms with Crippen LogP contribution in [-0.2, 0) is 16.1 Å². The Morgan fingerprint density at radius 2 is 1.97 bits per heavy atom. The van der Waals surface area contributed by atoms with Crippen LogP contribution in [0.1, 0.15) is 11.1 Å². The molecule has 1 aliphatic rings. The minimum absolute atomic E-state index is 0.117. The highest BCUT2D eigenvalue weighted by atomic mass is 19.1. The fraction of sp³-hybridized carbons (Fsp3) is 0.360. The lowest BCUT2D eigenvalue weighted by molar-refractivity contribution is -0.123. The number of aromatic nitrogens is 1. The summed E-state index contributed by atoms with van der Waals surface area (Å²) in [4.78, 5) is 27.2. The van der Waals surface area contributed by atoms with Crippen molar-refractivity contribution in [1.82, 2.24) is 14.8 Å². The molecular weight excluding hydrogens is 425 g/mol. The standard InChI is InChI=1S/C25H28FN3O4/c1-18-13-25(31)29(16-19-3-2-4-20(26)14-19)23-15-21(5-6-22(18)23)33-17-24(30)27-7-8-28-9-11-32-12-10-28/h2-6,13-15H,7-12,16-17H2,1H3,(H,27,30). The van der Waals surface area contributed by atoms with Crippen LogP contribution in [0, 0.1) is 12.7 Å². The molecule has 2 heterocycles. The van der Waals surface area contributed by atoms with Gasteiger partial charge in [0.05, 0.1) is 25.3 Å². The van der Waals surface area contributed by atoms with Gasteiger partial charge in [0.1, 0.15) is 11.6 Å². The van der Waals surface area contributed by atoms with Gasteiger partial charge in [0.15, 0.2) is 6.61 Å². The van der Waals surface area contributed by atoms with Crippen molar-refractivity contribution in [1.29, 1.82) is 0 Å². The third kappa shape index (κ3) is 5.97. The zero-order valence-corrected chi connectivity index (χ0v) is 18.7. The van der Waals surface area contributed by atoms with Crippen molar-refractivity contribution in [2.45, 2.75) is 13.5 Å². The number of benzene rings is 2. The molecule has 1 N–H and O–H groups in total. The number of ether oxygens (including phenoxy) is 2. The first kappa shape index (κ1) is 22.9. The Hall–Kier alpha value is -3.23. The molecule has 174 valence electrons. The van der Waals surface area contributed by atoms with E-state index in [0.717, 1.165) is 43.8 Å². The van der Waals surface area contributed by atoms with Gasteiger partial charge < -0.3 is 19.4 Å². The SMILES string of the molecule is Cc1cc(=O)n(Cc2cccc(F)c2)c2cc(OCC(=O)NCCN3CCOCC3)ccc12. The van der Waals surface area contributed by atoms with E-state index < -0.39 is 0 Å². The molecule has 0 unspecified atom stereocenters. The predicted molar refractivity (Wildman–Crippen MR) is 124 cm³/mol. The van der Waals surface area contributed by atoms with Gasteiger partial charge in [0.2, 0.25) is 0 Å². The number of amides is 1. The topological polar surface area (TPSA) is 72.8 Å². The van der Waals surface area contributed by atoms with E-state index in [4.69, 9.17) is 9.47 Å². The van der Waals surface area contributed by atoms with Crippen molar-refractivity contribution < 1.29 is 18.7 Å². The lowest BCUT2D eigenvalue weighted by Gasteiger charge is -2.26.